The van der Waals surface area contributed by atoms with E-state index < -0.39 is 0 Å². The molecular formula is C6H14O3. The lowest BCUT2D eigenvalue weighted by Gasteiger charge is -2.06. The number of ether oxygens (including phenoxy) is 2. The predicted molar refractivity (Wildman–Crippen MR) is 34.1 cm³/mol. The summed E-state index contributed by atoms with van der Waals surface area (Å²) in [5, 5.41) is 8.51. The summed E-state index contributed by atoms with van der Waals surface area (Å²) in [4.78, 5) is 0. The first-order chi connectivity index (χ1) is 4.31. The molecule has 0 aromatic heterocycles. The highest BCUT2D eigenvalue weighted by atomic mass is 16.7. The minimum atomic E-state index is 0.170. The molecule has 0 bridgehead atoms. The highest BCUT2D eigenvalue weighted by Gasteiger charge is 1.97. The summed E-state index contributed by atoms with van der Waals surface area (Å²) in [7, 11) is 1.57. The molecule has 0 aliphatic carbocycles. The van der Waals surface area contributed by atoms with Crippen LogP contribution in [0, 0.1) is 5.92 Å². The first kappa shape index (κ1) is 8.88. The van der Waals surface area contributed by atoms with Gasteiger partial charge in [-0.2, -0.15) is 0 Å². The molecule has 1 atom stereocenters. The molecule has 0 saturated heterocycles. The van der Waals surface area contributed by atoms with Gasteiger partial charge >= 0.3 is 0 Å². The number of aliphatic hydroxyl groups excluding tert-OH is 1. The van der Waals surface area contributed by atoms with E-state index in [9.17, 15) is 0 Å². The quantitative estimate of drug-likeness (QED) is 0.432. The van der Waals surface area contributed by atoms with Crippen LogP contribution in [0.4, 0.5) is 0 Å². The van der Waals surface area contributed by atoms with Gasteiger partial charge in [0.1, 0.15) is 6.79 Å². The number of methoxy groups -OCH3 is 1. The fourth-order valence-corrected chi connectivity index (χ4v) is 0.385. The van der Waals surface area contributed by atoms with Crippen LogP contribution < -0.4 is 0 Å². The monoisotopic (exact) mass is 134 g/mol. The van der Waals surface area contributed by atoms with Crippen LogP contribution in [0.15, 0.2) is 0 Å². The van der Waals surface area contributed by atoms with Crippen LogP contribution in [0.2, 0.25) is 0 Å². The Kier molecular flexibility index (Phi) is 5.93. The van der Waals surface area contributed by atoms with Gasteiger partial charge in [0.05, 0.1) is 6.61 Å². The maximum absolute atomic E-state index is 8.51. The molecule has 0 rings (SSSR count). The van der Waals surface area contributed by atoms with Gasteiger partial charge in [-0.3, -0.25) is 0 Å². The maximum Gasteiger partial charge on any atom is 0.146 e. The van der Waals surface area contributed by atoms with E-state index >= 15 is 0 Å². The molecule has 0 saturated carbocycles. The molecule has 3 heteroatoms. The summed E-state index contributed by atoms with van der Waals surface area (Å²) < 4.78 is 9.59. The third kappa shape index (κ3) is 5.76. The minimum absolute atomic E-state index is 0.170. The van der Waals surface area contributed by atoms with E-state index in [-0.39, 0.29) is 12.5 Å². The minimum Gasteiger partial charge on any atom is -0.396 e. The van der Waals surface area contributed by atoms with E-state index in [0.717, 1.165) is 0 Å². The average Bonchev–Trinajstić information content (AvgIpc) is 1.89. The van der Waals surface area contributed by atoms with Gasteiger partial charge < -0.3 is 14.6 Å². The molecule has 0 aromatic rings. The zero-order valence-electron chi connectivity index (χ0n) is 5.96. The zero-order chi connectivity index (χ0) is 7.11. The molecule has 9 heavy (non-hydrogen) atoms. The normalized spacial score (nSPS) is 13.7. The van der Waals surface area contributed by atoms with Crippen molar-refractivity contribution in [2.45, 2.75) is 6.92 Å². The van der Waals surface area contributed by atoms with Crippen molar-refractivity contribution in [3.8, 4) is 0 Å². The molecule has 0 spiro atoms. The number of hydrogen-bond acceptors (Lipinski definition) is 3. The Morgan fingerprint density at radius 3 is 2.67 bits per heavy atom. The molecule has 0 heterocycles. The van der Waals surface area contributed by atoms with Crippen LogP contribution in [-0.2, 0) is 9.47 Å². The lowest BCUT2D eigenvalue weighted by molar-refractivity contribution is -0.0465. The predicted octanol–water partition coefficient (Wildman–Crippen LogP) is 0.235. The molecule has 0 fully saturated rings. The Morgan fingerprint density at radius 2 is 2.22 bits per heavy atom. The van der Waals surface area contributed by atoms with E-state index in [2.05, 4.69) is 4.74 Å². The molecule has 0 radical (unpaired) electrons. The van der Waals surface area contributed by atoms with Crippen molar-refractivity contribution in [2.75, 3.05) is 27.1 Å². The number of rotatable bonds is 5. The lowest BCUT2D eigenvalue weighted by Crippen LogP contribution is -2.10. The summed E-state index contributed by atoms with van der Waals surface area (Å²) in [6.07, 6.45) is 0. The van der Waals surface area contributed by atoms with Gasteiger partial charge in [-0.25, -0.2) is 0 Å². The molecule has 0 aliphatic heterocycles. The van der Waals surface area contributed by atoms with Crippen LogP contribution in [0.5, 0.6) is 0 Å². The van der Waals surface area contributed by atoms with Crippen LogP contribution in [-0.4, -0.2) is 32.2 Å². The van der Waals surface area contributed by atoms with Gasteiger partial charge in [0.2, 0.25) is 0 Å². The summed E-state index contributed by atoms with van der Waals surface area (Å²) in [5.41, 5.74) is 0. The Labute approximate surface area is 55.6 Å². The first-order valence-corrected chi connectivity index (χ1v) is 2.98. The first-order valence-electron chi connectivity index (χ1n) is 2.98. The largest absolute Gasteiger partial charge is 0.396 e. The summed E-state index contributed by atoms with van der Waals surface area (Å²) >= 11 is 0. The summed E-state index contributed by atoms with van der Waals surface area (Å²) in [6.45, 7) is 2.95. The smallest absolute Gasteiger partial charge is 0.146 e. The molecule has 3 nitrogen and oxygen atoms in total. The van der Waals surface area contributed by atoms with E-state index in [0.29, 0.717) is 13.4 Å². The Morgan fingerprint density at radius 1 is 1.56 bits per heavy atom. The second kappa shape index (κ2) is 6.01. The van der Waals surface area contributed by atoms with Crippen molar-refractivity contribution in [2.24, 2.45) is 5.92 Å². The molecule has 1 N–H and O–H groups in total. The van der Waals surface area contributed by atoms with E-state index in [1.807, 2.05) is 6.92 Å². The SMILES string of the molecule is COCOC[C@H](C)CO. The second-order valence-electron chi connectivity index (χ2n) is 2.07. The van der Waals surface area contributed by atoms with E-state index in [1.54, 1.807) is 7.11 Å². The van der Waals surface area contributed by atoms with Crippen LogP contribution >= 0.6 is 0 Å². The van der Waals surface area contributed by atoms with E-state index in [1.165, 1.54) is 0 Å². The standard InChI is InChI=1S/C6H14O3/c1-6(3-7)4-9-5-8-2/h6-7H,3-5H2,1-2H3/t6-/m1/s1. The topological polar surface area (TPSA) is 38.7 Å². The van der Waals surface area contributed by atoms with Gasteiger partial charge in [-0.1, -0.05) is 6.92 Å². The maximum atomic E-state index is 8.51. The average molecular weight is 134 g/mol. The fraction of sp³-hybridized carbons (Fsp3) is 1.00. The highest BCUT2D eigenvalue weighted by Crippen LogP contribution is 1.92. The highest BCUT2D eigenvalue weighted by molar-refractivity contribution is 4.44. The molecule has 0 aliphatic rings. The third-order valence-corrected chi connectivity index (χ3v) is 0.915. The lowest BCUT2D eigenvalue weighted by atomic mass is 10.2. The number of aliphatic hydroxyl groups is 1. The van der Waals surface area contributed by atoms with Gasteiger partial charge in [0.15, 0.2) is 0 Å². The van der Waals surface area contributed by atoms with Gasteiger partial charge in [0, 0.05) is 19.6 Å². The van der Waals surface area contributed by atoms with Crippen molar-refractivity contribution >= 4 is 0 Å². The Bertz CT molecular complexity index is 56.3. The summed E-state index contributed by atoms with van der Waals surface area (Å²) in [5.74, 6) is 0.208. The molecule has 0 amide bonds. The van der Waals surface area contributed by atoms with Crippen LogP contribution in [0.25, 0.3) is 0 Å². The Balaban J connectivity index is 2.88. The molecular weight excluding hydrogens is 120 g/mol. The fourth-order valence-electron chi connectivity index (χ4n) is 0.385. The van der Waals surface area contributed by atoms with E-state index in [4.69, 9.17) is 9.84 Å². The molecule has 0 unspecified atom stereocenters. The van der Waals surface area contributed by atoms with Crippen molar-refractivity contribution < 1.29 is 14.6 Å². The van der Waals surface area contributed by atoms with Crippen LogP contribution in [0.1, 0.15) is 6.92 Å². The number of hydrogen-bond donors (Lipinski definition) is 1. The van der Waals surface area contributed by atoms with Gasteiger partial charge in [0.25, 0.3) is 0 Å². The van der Waals surface area contributed by atoms with Gasteiger partial charge in [-0.15, -0.1) is 0 Å². The van der Waals surface area contributed by atoms with Crippen molar-refractivity contribution in [1.29, 1.82) is 0 Å². The Hall–Kier alpha value is -0.120. The second-order valence-corrected chi connectivity index (χ2v) is 2.07. The van der Waals surface area contributed by atoms with Crippen molar-refractivity contribution in [3.63, 3.8) is 0 Å². The van der Waals surface area contributed by atoms with Gasteiger partial charge in [-0.05, 0) is 0 Å². The van der Waals surface area contributed by atoms with Crippen LogP contribution in [0.3, 0.4) is 0 Å². The van der Waals surface area contributed by atoms with Crippen molar-refractivity contribution in [3.05, 3.63) is 0 Å². The molecule has 56 valence electrons. The molecule has 0 aromatic carbocycles. The third-order valence-electron chi connectivity index (χ3n) is 0.915. The summed E-state index contributed by atoms with van der Waals surface area (Å²) in [6, 6.07) is 0. The zero-order valence-corrected chi connectivity index (χ0v) is 5.96. The van der Waals surface area contributed by atoms with Crippen molar-refractivity contribution in [1.82, 2.24) is 0 Å².